The van der Waals surface area contributed by atoms with E-state index in [1.54, 1.807) is 60.7 Å². The number of rotatable bonds is 5. The summed E-state index contributed by atoms with van der Waals surface area (Å²) in [5.41, 5.74) is 4.30. The highest BCUT2D eigenvalue weighted by Gasteiger charge is 2.09. The zero-order chi connectivity index (χ0) is 21.6. The lowest BCUT2D eigenvalue weighted by Gasteiger charge is -2.10. The van der Waals surface area contributed by atoms with Crippen LogP contribution in [0.5, 0.6) is 0 Å². The van der Waals surface area contributed by atoms with Gasteiger partial charge < -0.3 is 10.6 Å². The van der Waals surface area contributed by atoms with Crippen LogP contribution in [-0.2, 0) is 0 Å². The molecule has 0 atom stereocenters. The van der Waals surface area contributed by atoms with E-state index in [1.807, 2.05) is 42.5 Å². The van der Waals surface area contributed by atoms with Crippen LogP contribution in [0.1, 0.15) is 20.7 Å². The van der Waals surface area contributed by atoms with E-state index >= 15 is 0 Å². The Morgan fingerprint density at radius 1 is 0.548 bits per heavy atom. The van der Waals surface area contributed by atoms with Crippen molar-refractivity contribution in [2.75, 3.05) is 10.6 Å². The van der Waals surface area contributed by atoms with Crippen molar-refractivity contribution in [1.29, 1.82) is 0 Å². The van der Waals surface area contributed by atoms with E-state index in [4.69, 9.17) is 11.6 Å². The van der Waals surface area contributed by atoms with Crippen molar-refractivity contribution in [3.63, 3.8) is 0 Å². The average molecular weight is 427 g/mol. The number of benzene rings is 4. The van der Waals surface area contributed by atoms with Crippen LogP contribution in [0.3, 0.4) is 0 Å². The summed E-state index contributed by atoms with van der Waals surface area (Å²) < 4.78 is 0. The molecule has 4 nitrogen and oxygen atoms in total. The second kappa shape index (κ2) is 9.28. The molecule has 0 spiro atoms. The fourth-order valence-electron chi connectivity index (χ4n) is 3.16. The zero-order valence-corrected chi connectivity index (χ0v) is 17.3. The van der Waals surface area contributed by atoms with Crippen LogP contribution in [0.4, 0.5) is 11.4 Å². The van der Waals surface area contributed by atoms with E-state index in [1.165, 1.54) is 0 Å². The average Bonchev–Trinajstić information content (AvgIpc) is 2.80. The maximum Gasteiger partial charge on any atom is 0.255 e. The van der Waals surface area contributed by atoms with E-state index in [2.05, 4.69) is 10.6 Å². The third-order valence-electron chi connectivity index (χ3n) is 4.72. The molecule has 4 aromatic rings. The minimum absolute atomic E-state index is 0.224. The minimum atomic E-state index is -0.275. The number of halogens is 1. The minimum Gasteiger partial charge on any atom is -0.322 e. The molecule has 0 heterocycles. The lowest BCUT2D eigenvalue weighted by molar-refractivity contribution is 0.101. The number of hydrogen-bond donors (Lipinski definition) is 2. The third-order valence-corrected chi connectivity index (χ3v) is 4.95. The number of amides is 2. The molecule has 4 aromatic carbocycles. The Kier molecular flexibility index (Phi) is 6.11. The van der Waals surface area contributed by atoms with Crippen LogP contribution in [-0.4, -0.2) is 11.8 Å². The summed E-state index contributed by atoms with van der Waals surface area (Å²) in [5.74, 6) is -0.500. The highest BCUT2D eigenvalue weighted by Crippen LogP contribution is 2.21. The van der Waals surface area contributed by atoms with Crippen molar-refractivity contribution in [2.45, 2.75) is 0 Å². The second-order valence-corrected chi connectivity index (χ2v) is 7.38. The summed E-state index contributed by atoms with van der Waals surface area (Å²) in [5, 5.41) is 6.18. The van der Waals surface area contributed by atoms with Crippen molar-refractivity contribution in [2.24, 2.45) is 0 Å². The quantitative estimate of drug-likeness (QED) is 0.382. The predicted molar refractivity (Wildman–Crippen MR) is 126 cm³/mol. The molecule has 4 rings (SSSR count). The maximum atomic E-state index is 12.6. The van der Waals surface area contributed by atoms with Crippen molar-refractivity contribution >= 4 is 34.8 Å². The molecular weight excluding hydrogens is 408 g/mol. The molecular formula is C26H19ClN2O2. The van der Waals surface area contributed by atoms with Gasteiger partial charge in [0.1, 0.15) is 0 Å². The molecule has 2 amide bonds. The van der Waals surface area contributed by atoms with Gasteiger partial charge in [-0.1, -0.05) is 66.2 Å². The number of hydrogen-bond acceptors (Lipinski definition) is 2. The highest BCUT2D eigenvalue weighted by atomic mass is 35.5. The van der Waals surface area contributed by atoms with Gasteiger partial charge in [-0.25, -0.2) is 0 Å². The normalized spacial score (nSPS) is 10.4. The molecule has 0 aliphatic carbocycles. The Labute approximate surface area is 185 Å². The van der Waals surface area contributed by atoms with Crippen LogP contribution < -0.4 is 10.6 Å². The first-order valence-electron chi connectivity index (χ1n) is 9.72. The van der Waals surface area contributed by atoms with Crippen molar-refractivity contribution in [3.8, 4) is 11.1 Å². The van der Waals surface area contributed by atoms with Crippen LogP contribution in [0.25, 0.3) is 11.1 Å². The first-order valence-corrected chi connectivity index (χ1v) is 10.1. The number of carbonyl (C=O) groups is 2. The van der Waals surface area contributed by atoms with Crippen LogP contribution >= 0.6 is 11.6 Å². The van der Waals surface area contributed by atoms with Gasteiger partial charge >= 0.3 is 0 Å². The van der Waals surface area contributed by atoms with Crippen molar-refractivity contribution in [1.82, 2.24) is 0 Å². The number of carbonyl (C=O) groups excluding carboxylic acids is 2. The number of anilines is 2. The molecule has 0 unspecified atom stereocenters. The third kappa shape index (κ3) is 5.18. The van der Waals surface area contributed by atoms with Gasteiger partial charge in [-0.15, -0.1) is 0 Å². The zero-order valence-electron chi connectivity index (χ0n) is 16.5. The van der Waals surface area contributed by atoms with Gasteiger partial charge in [-0.05, 0) is 59.7 Å². The maximum absolute atomic E-state index is 12.6. The Morgan fingerprint density at radius 3 is 1.77 bits per heavy atom. The summed E-state index contributed by atoms with van der Waals surface area (Å²) in [4.78, 5) is 25.1. The van der Waals surface area contributed by atoms with Gasteiger partial charge in [-0.2, -0.15) is 0 Å². The first-order chi connectivity index (χ1) is 15.1. The number of nitrogens with one attached hydrogen (secondary N) is 2. The van der Waals surface area contributed by atoms with Gasteiger partial charge in [0, 0.05) is 27.5 Å². The van der Waals surface area contributed by atoms with E-state index in [-0.39, 0.29) is 11.8 Å². The highest BCUT2D eigenvalue weighted by molar-refractivity contribution is 6.31. The second-order valence-electron chi connectivity index (χ2n) is 6.94. The Bertz CT molecular complexity index is 1220. The van der Waals surface area contributed by atoms with E-state index in [9.17, 15) is 9.59 Å². The van der Waals surface area contributed by atoms with Gasteiger partial charge in [0.15, 0.2) is 0 Å². The molecule has 0 fully saturated rings. The summed E-state index contributed by atoms with van der Waals surface area (Å²) in [6.45, 7) is 0. The predicted octanol–water partition coefficient (Wildman–Crippen LogP) is 6.51. The van der Waals surface area contributed by atoms with Gasteiger partial charge in [0.25, 0.3) is 11.8 Å². The van der Waals surface area contributed by atoms with Crippen LogP contribution in [0.15, 0.2) is 103 Å². The fourth-order valence-corrected chi connectivity index (χ4v) is 3.35. The Balaban J connectivity index is 1.43. The summed E-state index contributed by atoms with van der Waals surface area (Å²) >= 11 is 5.95. The molecule has 0 aliphatic heterocycles. The summed E-state index contributed by atoms with van der Waals surface area (Å²) in [6.07, 6.45) is 0. The lowest BCUT2D eigenvalue weighted by Crippen LogP contribution is -2.14. The first kappa shape index (κ1) is 20.4. The standard InChI is InChI=1S/C26H19ClN2O2/c27-22-9-4-8-21(16-22)26(31)29-24-11-5-10-23(17-24)28-25(30)20-14-12-19(13-15-20)18-6-2-1-3-7-18/h1-17H,(H,28,30)(H,29,31). The molecule has 152 valence electrons. The molecule has 5 heteroatoms. The Morgan fingerprint density at radius 2 is 1.13 bits per heavy atom. The van der Waals surface area contributed by atoms with Gasteiger partial charge in [-0.3, -0.25) is 9.59 Å². The molecule has 0 saturated carbocycles. The van der Waals surface area contributed by atoms with Crippen molar-refractivity contribution in [3.05, 3.63) is 119 Å². The smallest absolute Gasteiger partial charge is 0.255 e. The molecule has 0 radical (unpaired) electrons. The molecule has 0 aliphatic rings. The van der Waals surface area contributed by atoms with Gasteiger partial charge in [0.2, 0.25) is 0 Å². The molecule has 0 aromatic heterocycles. The van der Waals surface area contributed by atoms with Crippen LogP contribution in [0.2, 0.25) is 5.02 Å². The fraction of sp³-hybridized carbons (Fsp3) is 0. The lowest BCUT2D eigenvalue weighted by atomic mass is 10.0. The van der Waals surface area contributed by atoms with E-state index < -0.39 is 0 Å². The summed E-state index contributed by atoms with van der Waals surface area (Å²) in [7, 11) is 0. The summed E-state index contributed by atoms with van der Waals surface area (Å²) in [6, 6.07) is 31.1. The largest absolute Gasteiger partial charge is 0.322 e. The van der Waals surface area contributed by atoms with Crippen molar-refractivity contribution < 1.29 is 9.59 Å². The monoisotopic (exact) mass is 426 g/mol. The Hall–Kier alpha value is -3.89. The van der Waals surface area contributed by atoms with E-state index in [0.29, 0.717) is 27.5 Å². The molecule has 2 N–H and O–H groups in total. The van der Waals surface area contributed by atoms with Crippen LogP contribution in [0, 0.1) is 0 Å². The van der Waals surface area contributed by atoms with Gasteiger partial charge in [0.05, 0.1) is 0 Å². The topological polar surface area (TPSA) is 58.2 Å². The molecule has 31 heavy (non-hydrogen) atoms. The van der Waals surface area contributed by atoms with E-state index in [0.717, 1.165) is 11.1 Å². The molecule has 0 saturated heterocycles. The molecule has 0 bridgehead atoms. The SMILES string of the molecule is O=C(Nc1cccc(NC(=O)c2cccc(Cl)c2)c1)c1ccc(-c2ccccc2)cc1.